The fourth-order valence-electron chi connectivity index (χ4n) is 2.72. The molecular formula is C22H22N2O5S. The van der Waals surface area contributed by atoms with Gasteiger partial charge in [0.25, 0.3) is 10.0 Å². The summed E-state index contributed by atoms with van der Waals surface area (Å²) in [6.45, 7) is 0. The third-order valence-corrected chi connectivity index (χ3v) is 5.71. The van der Waals surface area contributed by atoms with E-state index < -0.39 is 10.0 Å². The number of hydrogen-bond donors (Lipinski definition) is 2. The summed E-state index contributed by atoms with van der Waals surface area (Å²) >= 11 is 0. The standard InChI is InChI=1S/C22H22N2O5S/c1-28-19-9-3-16(4-10-19)15-22(25)23-17-7-13-21(14-8-17)30(26,27)24-18-5-11-20(29-2)12-6-18/h3-14,24H,15H2,1-2H3,(H,23,25). The van der Waals surface area contributed by atoms with Crippen molar-refractivity contribution in [2.24, 2.45) is 0 Å². The number of carbonyl (C=O) groups is 1. The lowest BCUT2D eigenvalue weighted by Gasteiger charge is -2.10. The molecule has 0 saturated carbocycles. The maximum Gasteiger partial charge on any atom is 0.261 e. The van der Waals surface area contributed by atoms with Crippen molar-refractivity contribution >= 4 is 27.3 Å². The Kier molecular flexibility index (Phi) is 6.58. The van der Waals surface area contributed by atoms with Gasteiger partial charge in [-0.05, 0) is 66.2 Å². The van der Waals surface area contributed by atoms with Gasteiger partial charge in [-0.1, -0.05) is 12.1 Å². The molecule has 0 fully saturated rings. The Balaban J connectivity index is 1.62. The molecule has 30 heavy (non-hydrogen) atoms. The molecule has 0 aromatic heterocycles. The zero-order valence-corrected chi connectivity index (χ0v) is 17.4. The van der Waals surface area contributed by atoms with Gasteiger partial charge in [0.05, 0.1) is 25.5 Å². The Labute approximate surface area is 175 Å². The maximum absolute atomic E-state index is 12.5. The molecule has 0 radical (unpaired) electrons. The molecule has 3 rings (SSSR count). The molecule has 7 nitrogen and oxygen atoms in total. The average Bonchev–Trinajstić information content (AvgIpc) is 2.75. The van der Waals surface area contributed by atoms with Crippen molar-refractivity contribution in [3.05, 3.63) is 78.4 Å². The highest BCUT2D eigenvalue weighted by atomic mass is 32.2. The summed E-state index contributed by atoms with van der Waals surface area (Å²) in [4.78, 5) is 12.3. The van der Waals surface area contributed by atoms with Crippen LogP contribution in [-0.4, -0.2) is 28.5 Å². The number of amides is 1. The number of nitrogens with one attached hydrogen (secondary N) is 2. The molecule has 1 amide bonds. The van der Waals surface area contributed by atoms with E-state index in [1.807, 2.05) is 12.1 Å². The fourth-order valence-corrected chi connectivity index (χ4v) is 3.78. The van der Waals surface area contributed by atoms with Gasteiger partial charge in [-0.2, -0.15) is 0 Å². The van der Waals surface area contributed by atoms with Crippen molar-refractivity contribution in [3.63, 3.8) is 0 Å². The highest BCUT2D eigenvalue weighted by molar-refractivity contribution is 7.92. The Morgan fingerprint density at radius 2 is 1.27 bits per heavy atom. The number of hydrogen-bond acceptors (Lipinski definition) is 5. The van der Waals surface area contributed by atoms with Crippen molar-refractivity contribution in [1.82, 2.24) is 0 Å². The molecule has 8 heteroatoms. The van der Waals surface area contributed by atoms with Crippen molar-refractivity contribution in [1.29, 1.82) is 0 Å². The van der Waals surface area contributed by atoms with Gasteiger partial charge in [0.1, 0.15) is 11.5 Å². The zero-order valence-electron chi connectivity index (χ0n) is 16.6. The van der Waals surface area contributed by atoms with Crippen LogP contribution in [0.2, 0.25) is 0 Å². The number of methoxy groups -OCH3 is 2. The number of ether oxygens (including phenoxy) is 2. The molecule has 0 heterocycles. The normalized spacial score (nSPS) is 10.9. The molecule has 3 aromatic rings. The third-order valence-electron chi connectivity index (χ3n) is 4.31. The average molecular weight is 426 g/mol. The van der Waals surface area contributed by atoms with Crippen molar-refractivity contribution in [2.75, 3.05) is 24.3 Å². The quantitative estimate of drug-likeness (QED) is 0.573. The van der Waals surface area contributed by atoms with Crippen molar-refractivity contribution in [3.8, 4) is 11.5 Å². The van der Waals surface area contributed by atoms with E-state index in [0.717, 1.165) is 11.3 Å². The van der Waals surface area contributed by atoms with Gasteiger partial charge in [0, 0.05) is 11.4 Å². The van der Waals surface area contributed by atoms with Crippen LogP contribution in [0.25, 0.3) is 0 Å². The molecule has 0 aliphatic heterocycles. The summed E-state index contributed by atoms with van der Waals surface area (Å²) in [7, 11) is -0.629. The molecule has 0 atom stereocenters. The summed E-state index contributed by atoms with van der Waals surface area (Å²) in [5, 5.41) is 2.76. The summed E-state index contributed by atoms with van der Waals surface area (Å²) in [6, 6.07) is 19.8. The molecule has 156 valence electrons. The highest BCUT2D eigenvalue weighted by Gasteiger charge is 2.14. The Bertz CT molecular complexity index is 1090. The largest absolute Gasteiger partial charge is 0.497 e. The lowest BCUT2D eigenvalue weighted by atomic mass is 10.1. The number of rotatable bonds is 8. The Morgan fingerprint density at radius 1 is 0.767 bits per heavy atom. The van der Waals surface area contributed by atoms with Crippen LogP contribution in [0.4, 0.5) is 11.4 Å². The molecule has 0 aliphatic carbocycles. The van der Waals surface area contributed by atoms with Gasteiger partial charge >= 0.3 is 0 Å². The molecule has 0 spiro atoms. The second-order valence-corrected chi connectivity index (χ2v) is 8.11. The first-order valence-corrected chi connectivity index (χ1v) is 10.6. The van der Waals surface area contributed by atoms with Gasteiger partial charge in [-0.15, -0.1) is 0 Å². The molecule has 0 unspecified atom stereocenters. The van der Waals surface area contributed by atoms with Crippen LogP contribution >= 0.6 is 0 Å². The lowest BCUT2D eigenvalue weighted by Crippen LogP contribution is -2.15. The number of benzene rings is 3. The van der Waals surface area contributed by atoms with Crippen molar-refractivity contribution in [2.45, 2.75) is 11.3 Å². The van der Waals surface area contributed by atoms with E-state index in [-0.39, 0.29) is 17.2 Å². The van der Waals surface area contributed by atoms with E-state index in [0.29, 0.717) is 17.1 Å². The predicted molar refractivity (Wildman–Crippen MR) is 116 cm³/mol. The van der Waals surface area contributed by atoms with Crippen LogP contribution in [0.1, 0.15) is 5.56 Å². The van der Waals surface area contributed by atoms with Gasteiger partial charge in [0.2, 0.25) is 5.91 Å². The zero-order chi connectivity index (χ0) is 21.6. The van der Waals surface area contributed by atoms with Gasteiger partial charge < -0.3 is 14.8 Å². The van der Waals surface area contributed by atoms with Crippen LogP contribution in [0.3, 0.4) is 0 Å². The molecule has 0 saturated heterocycles. The number of anilines is 2. The van der Waals surface area contributed by atoms with Crippen LogP contribution in [0.15, 0.2) is 77.7 Å². The first-order valence-electron chi connectivity index (χ1n) is 9.09. The Hall–Kier alpha value is -3.52. The van der Waals surface area contributed by atoms with E-state index in [1.54, 1.807) is 55.6 Å². The summed E-state index contributed by atoms with van der Waals surface area (Å²) in [5.74, 6) is 1.15. The van der Waals surface area contributed by atoms with Gasteiger partial charge in [-0.3, -0.25) is 9.52 Å². The molecule has 2 N–H and O–H groups in total. The summed E-state index contributed by atoms with van der Waals surface area (Å²) in [6.07, 6.45) is 0.197. The maximum atomic E-state index is 12.5. The molecular weight excluding hydrogens is 404 g/mol. The second-order valence-electron chi connectivity index (χ2n) is 6.43. The van der Waals surface area contributed by atoms with E-state index in [9.17, 15) is 13.2 Å². The smallest absolute Gasteiger partial charge is 0.261 e. The lowest BCUT2D eigenvalue weighted by molar-refractivity contribution is -0.115. The van der Waals surface area contributed by atoms with Crippen LogP contribution < -0.4 is 19.5 Å². The predicted octanol–water partition coefficient (Wildman–Crippen LogP) is 3.69. The third kappa shape index (κ3) is 5.51. The minimum absolute atomic E-state index is 0.0893. The number of carbonyl (C=O) groups excluding carboxylic acids is 1. The van der Waals surface area contributed by atoms with E-state index in [2.05, 4.69) is 10.0 Å². The summed E-state index contributed by atoms with van der Waals surface area (Å²) < 4.78 is 37.7. The molecule has 0 bridgehead atoms. The molecule has 3 aromatic carbocycles. The number of sulfonamides is 1. The Morgan fingerprint density at radius 3 is 1.80 bits per heavy atom. The summed E-state index contributed by atoms with van der Waals surface area (Å²) in [5.41, 5.74) is 1.78. The van der Waals surface area contributed by atoms with Crippen molar-refractivity contribution < 1.29 is 22.7 Å². The van der Waals surface area contributed by atoms with Crippen LogP contribution in [0.5, 0.6) is 11.5 Å². The van der Waals surface area contributed by atoms with Crippen LogP contribution in [0, 0.1) is 0 Å². The van der Waals surface area contributed by atoms with Crippen LogP contribution in [-0.2, 0) is 21.2 Å². The topological polar surface area (TPSA) is 93.7 Å². The van der Waals surface area contributed by atoms with E-state index in [1.165, 1.54) is 19.2 Å². The first-order chi connectivity index (χ1) is 14.4. The highest BCUT2D eigenvalue weighted by Crippen LogP contribution is 2.21. The molecule has 0 aliphatic rings. The SMILES string of the molecule is COc1ccc(CC(=O)Nc2ccc(S(=O)(=O)Nc3ccc(OC)cc3)cc2)cc1. The minimum Gasteiger partial charge on any atom is -0.497 e. The minimum atomic E-state index is -3.75. The fraction of sp³-hybridized carbons (Fsp3) is 0.136. The van der Waals surface area contributed by atoms with E-state index >= 15 is 0 Å². The second kappa shape index (κ2) is 9.32. The monoisotopic (exact) mass is 426 g/mol. The van der Waals surface area contributed by atoms with E-state index in [4.69, 9.17) is 9.47 Å². The van der Waals surface area contributed by atoms with Gasteiger partial charge in [0.15, 0.2) is 0 Å². The first kappa shape index (κ1) is 21.2. The van der Waals surface area contributed by atoms with Gasteiger partial charge in [-0.25, -0.2) is 8.42 Å².